The van der Waals surface area contributed by atoms with Gasteiger partial charge in [0.2, 0.25) is 5.82 Å². The molecule has 0 radical (unpaired) electrons. The van der Waals surface area contributed by atoms with Crippen LogP contribution in [0, 0.1) is 15.9 Å². The molecule has 3 aromatic carbocycles. The number of aromatic nitrogens is 5. The first-order valence-electron chi connectivity index (χ1n) is 10.4. The molecule has 0 saturated carbocycles. The predicted octanol–water partition coefficient (Wildman–Crippen LogP) is 4.42. The molecule has 0 aliphatic carbocycles. The second kappa shape index (κ2) is 8.98. The molecule has 10 nitrogen and oxygen atoms in total. The van der Waals surface area contributed by atoms with Crippen LogP contribution in [0.15, 0.2) is 91.5 Å². The Morgan fingerprint density at radius 3 is 2.40 bits per heavy atom. The highest BCUT2D eigenvalue weighted by molar-refractivity contribution is 6.03. The Hall–Kier alpha value is -5.19. The zero-order valence-electron chi connectivity index (χ0n) is 17.9. The highest BCUT2D eigenvalue weighted by Gasteiger charge is 2.24. The summed E-state index contributed by atoms with van der Waals surface area (Å²) >= 11 is 0. The van der Waals surface area contributed by atoms with Crippen molar-refractivity contribution in [2.45, 2.75) is 0 Å². The van der Waals surface area contributed by atoms with Crippen LogP contribution in [0.2, 0.25) is 0 Å². The van der Waals surface area contributed by atoms with Gasteiger partial charge in [-0.1, -0.05) is 48.5 Å². The second-order valence-corrected chi connectivity index (χ2v) is 7.37. The molecule has 1 N–H and O–H groups in total. The molecule has 0 fully saturated rings. The molecule has 0 unspecified atom stereocenters. The van der Waals surface area contributed by atoms with E-state index in [1.54, 1.807) is 0 Å². The normalized spacial score (nSPS) is 10.8. The van der Waals surface area contributed by atoms with E-state index in [-0.39, 0.29) is 17.2 Å². The number of nitro benzene ring substituents is 1. The van der Waals surface area contributed by atoms with Crippen molar-refractivity contribution >= 4 is 17.3 Å². The van der Waals surface area contributed by atoms with Crippen molar-refractivity contribution in [3.05, 3.63) is 113 Å². The lowest BCUT2D eigenvalue weighted by Crippen LogP contribution is -2.16. The summed E-state index contributed by atoms with van der Waals surface area (Å²) in [5.41, 5.74) is 0.565. The smallest absolute Gasteiger partial charge is 0.295 e. The van der Waals surface area contributed by atoms with Gasteiger partial charge in [-0.05, 0) is 18.2 Å². The first-order chi connectivity index (χ1) is 17.0. The largest absolute Gasteiger partial charge is 0.313 e. The van der Waals surface area contributed by atoms with Crippen LogP contribution in [0.3, 0.4) is 0 Å². The molecule has 5 aromatic rings. The van der Waals surface area contributed by atoms with Crippen molar-refractivity contribution in [2.75, 3.05) is 5.32 Å². The van der Waals surface area contributed by atoms with E-state index in [2.05, 4.69) is 20.4 Å². The summed E-state index contributed by atoms with van der Waals surface area (Å²) in [5, 5.41) is 18.4. The Morgan fingerprint density at radius 2 is 1.74 bits per heavy atom. The minimum Gasteiger partial charge on any atom is -0.313 e. The molecule has 11 heteroatoms. The number of carbonyl (C=O) groups is 1. The van der Waals surface area contributed by atoms with Crippen LogP contribution in [0.1, 0.15) is 10.6 Å². The number of nitrogens with zero attached hydrogens (tertiary/aromatic N) is 6. The number of nitro groups is 1. The van der Waals surface area contributed by atoms with E-state index in [1.165, 1.54) is 34.0 Å². The van der Waals surface area contributed by atoms with E-state index in [0.717, 1.165) is 11.6 Å². The zero-order valence-corrected chi connectivity index (χ0v) is 17.9. The Bertz CT molecular complexity index is 1460. The van der Waals surface area contributed by atoms with E-state index in [9.17, 15) is 19.3 Å². The fraction of sp³-hybridized carbons (Fsp3) is 0. The third-order valence-corrected chi connectivity index (χ3v) is 5.14. The van der Waals surface area contributed by atoms with E-state index in [4.69, 9.17) is 0 Å². The summed E-state index contributed by atoms with van der Waals surface area (Å²) < 4.78 is 17.4. The molecule has 0 aliphatic rings. The lowest BCUT2D eigenvalue weighted by Gasteiger charge is -2.09. The van der Waals surface area contributed by atoms with E-state index in [0.29, 0.717) is 11.5 Å². The van der Waals surface area contributed by atoms with Crippen LogP contribution in [0.25, 0.3) is 22.8 Å². The van der Waals surface area contributed by atoms with Gasteiger partial charge in [-0.3, -0.25) is 14.9 Å². The molecule has 172 valence electrons. The maximum absolute atomic E-state index is 14.6. The molecule has 5 rings (SSSR count). The van der Waals surface area contributed by atoms with Gasteiger partial charge in [0, 0.05) is 18.0 Å². The number of rotatable bonds is 6. The van der Waals surface area contributed by atoms with Gasteiger partial charge in [-0.15, -0.1) is 5.10 Å². The number of carbonyl (C=O) groups excluding carboxylic acids is 1. The maximum Gasteiger partial charge on any atom is 0.295 e. The van der Waals surface area contributed by atoms with Crippen molar-refractivity contribution < 1.29 is 14.1 Å². The van der Waals surface area contributed by atoms with E-state index < -0.39 is 22.3 Å². The molecule has 2 heterocycles. The number of nitrogens with one attached hydrogen (secondary N) is 1. The number of hydrogen-bond acceptors (Lipinski definition) is 6. The first-order valence-corrected chi connectivity index (χ1v) is 10.4. The van der Waals surface area contributed by atoms with Crippen molar-refractivity contribution in [1.82, 2.24) is 24.3 Å². The van der Waals surface area contributed by atoms with E-state index in [1.807, 2.05) is 60.7 Å². The zero-order chi connectivity index (χ0) is 24.4. The van der Waals surface area contributed by atoms with Gasteiger partial charge in [0.15, 0.2) is 11.6 Å². The number of benzene rings is 3. The molecule has 0 atom stereocenters. The molecule has 0 spiro atoms. The number of imidazole rings is 1. The third kappa shape index (κ3) is 4.25. The molecular weight excluding hydrogens is 453 g/mol. The number of amides is 1. The lowest BCUT2D eigenvalue weighted by molar-refractivity contribution is -0.384. The fourth-order valence-electron chi connectivity index (χ4n) is 3.51. The van der Waals surface area contributed by atoms with Gasteiger partial charge in [-0.25, -0.2) is 19.0 Å². The fourth-order valence-corrected chi connectivity index (χ4v) is 3.51. The van der Waals surface area contributed by atoms with Crippen molar-refractivity contribution in [3.63, 3.8) is 0 Å². The van der Waals surface area contributed by atoms with Crippen LogP contribution in [-0.4, -0.2) is 35.1 Å². The van der Waals surface area contributed by atoms with Crippen molar-refractivity contribution in [3.8, 4) is 22.8 Å². The number of hydrogen-bond donors (Lipinski definition) is 1. The Balaban J connectivity index is 1.56. The van der Waals surface area contributed by atoms with Crippen LogP contribution in [0.4, 0.5) is 15.8 Å². The Morgan fingerprint density at radius 1 is 1.03 bits per heavy atom. The lowest BCUT2D eigenvalue weighted by atomic mass is 10.2. The van der Waals surface area contributed by atoms with Gasteiger partial charge >= 0.3 is 0 Å². The van der Waals surface area contributed by atoms with E-state index >= 15 is 0 Å². The second-order valence-electron chi connectivity index (χ2n) is 7.37. The minimum atomic E-state index is -0.842. The Kier molecular flexibility index (Phi) is 5.55. The highest BCUT2D eigenvalue weighted by atomic mass is 19.1. The highest BCUT2D eigenvalue weighted by Crippen LogP contribution is 2.30. The van der Waals surface area contributed by atoms with Crippen molar-refractivity contribution in [2.24, 2.45) is 0 Å². The quantitative estimate of drug-likeness (QED) is 0.290. The topological polar surface area (TPSA) is 121 Å². The molecule has 0 saturated heterocycles. The summed E-state index contributed by atoms with van der Waals surface area (Å²) in [5.74, 6) is -1.43. The van der Waals surface area contributed by atoms with Crippen LogP contribution in [-0.2, 0) is 0 Å². The molecule has 1 amide bonds. The number of anilines is 1. The molecule has 2 aromatic heterocycles. The van der Waals surface area contributed by atoms with Crippen molar-refractivity contribution in [1.29, 1.82) is 0 Å². The van der Waals surface area contributed by atoms with Gasteiger partial charge in [-0.2, -0.15) is 0 Å². The number of para-hydroxylation sites is 1. The third-order valence-electron chi connectivity index (χ3n) is 5.14. The van der Waals surface area contributed by atoms with Gasteiger partial charge in [0.1, 0.15) is 5.69 Å². The predicted molar refractivity (Wildman–Crippen MR) is 125 cm³/mol. The average Bonchev–Trinajstić information content (AvgIpc) is 3.57. The molecular formula is C24H16FN7O3. The minimum absolute atomic E-state index is 0.0175. The first kappa shape index (κ1) is 21.6. The number of halogens is 1. The summed E-state index contributed by atoms with van der Waals surface area (Å²) in [7, 11) is 0. The summed E-state index contributed by atoms with van der Waals surface area (Å²) in [6, 6.07) is 20.2. The standard InChI is InChI=1S/C24H16FN7O3/c25-18-13-21(32(34)35)19(14-20(18)30-12-11-26-15-30)27-24(33)22-28-23(16-7-3-1-4-8-16)31(29-22)17-9-5-2-6-10-17/h1-15H,(H,27,33). The SMILES string of the molecule is O=C(Nc1cc(-n2ccnc2)c(F)cc1[N+](=O)[O-])c1nc(-c2ccccc2)n(-c2ccccc2)n1. The van der Waals surface area contributed by atoms with Gasteiger partial charge in [0.25, 0.3) is 11.6 Å². The van der Waals surface area contributed by atoms with Gasteiger partial charge < -0.3 is 9.88 Å². The summed E-state index contributed by atoms with van der Waals surface area (Å²) in [6.45, 7) is 0. The average molecular weight is 469 g/mol. The molecule has 0 bridgehead atoms. The molecule has 0 aliphatic heterocycles. The summed E-state index contributed by atoms with van der Waals surface area (Å²) in [6.07, 6.45) is 4.25. The summed E-state index contributed by atoms with van der Waals surface area (Å²) in [4.78, 5) is 32.1. The maximum atomic E-state index is 14.6. The van der Waals surface area contributed by atoms with Crippen LogP contribution in [0.5, 0.6) is 0 Å². The monoisotopic (exact) mass is 469 g/mol. The Labute approximate surface area is 197 Å². The molecule has 35 heavy (non-hydrogen) atoms. The van der Waals surface area contributed by atoms with Crippen LogP contribution >= 0.6 is 0 Å². The van der Waals surface area contributed by atoms with Gasteiger partial charge in [0.05, 0.1) is 28.7 Å². The van der Waals surface area contributed by atoms with Crippen LogP contribution < -0.4 is 5.32 Å².